The molecule has 0 saturated carbocycles. The smallest absolute Gasteiger partial charge is 0.442 e. The summed E-state index contributed by atoms with van der Waals surface area (Å²) in [6, 6.07) is 1.92. The standard InChI is InChI=1S/C11H10ClFN2O3/c1-5(2)10-14-15(11(17)18-10)8-4-9(16)6(12)3-7(8)13/h3-5,16H,1-2H3. The molecule has 7 heteroatoms. The summed E-state index contributed by atoms with van der Waals surface area (Å²) in [5.41, 5.74) is -0.211. The predicted molar refractivity (Wildman–Crippen MR) is 62.8 cm³/mol. The maximum atomic E-state index is 13.7. The van der Waals surface area contributed by atoms with Gasteiger partial charge in [-0.05, 0) is 6.07 Å². The molecule has 5 nitrogen and oxygen atoms in total. The van der Waals surface area contributed by atoms with Gasteiger partial charge in [0.2, 0.25) is 5.89 Å². The SMILES string of the molecule is CC(C)c1nn(-c2cc(O)c(Cl)cc2F)c(=O)o1. The maximum absolute atomic E-state index is 13.7. The third-order valence-electron chi connectivity index (χ3n) is 2.30. The van der Waals surface area contributed by atoms with Crippen molar-refractivity contribution in [2.45, 2.75) is 19.8 Å². The number of benzene rings is 1. The number of aromatic nitrogens is 2. The zero-order valence-electron chi connectivity index (χ0n) is 9.65. The minimum absolute atomic E-state index is 0.108. The minimum Gasteiger partial charge on any atom is -0.506 e. The Balaban J connectivity index is 2.62. The highest BCUT2D eigenvalue weighted by atomic mass is 35.5. The number of aromatic hydroxyl groups is 1. The zero-order valence-corrected chi connectivity index (χ0v) is 10.4. The van der Waals surface area contributed by atoms with Crippen LogP contribution in [0, 0.1) is 5.82 Å². The first-order valence-corrected chi connectivity index (χ1v) is 5.56. The number of hydrogen-bond acceptors (Lipinski definition) is 4. The van der Waals surface area contributed by atoms with Crippen molar-refractivity contribution in [3.63, 3.8) is 0 Å². The van der Waals surface area contributed by atoms with Crippen LogP contribution in [0.15, 0.2) is 21.3 Å². The van der Waals surface area contributed by atoms with Crippen molar-refractivity contribution in [2.24, 2.45) is 0 Å². The summed E-state index contributed by atoms with van der Waals surface area (Å²) in [7, 11) is 0. The number of phenolic OH excluding ortho intramolecular Hbond substituents is 1. The van der Waals surface area contributed by atoms with Crippen molar-refractivity contribution < 1.29 is 13.9 Å². The molecule has 0 spiro atoms. The van der Waals surface area contributed by atoms with Crippen LogP contribution < -0.4 is 5.76 Å². The van der Waals surface area contributed by atoms with Gasteiger partial charge in [-0.25, -0.2) is 9.18 Å². The Hall–Kier alpha value is -1.82. The lowest BCUT2D eigenvalue weighted by Crippen LogP contribution is -2.14. The molecule has 0 saturated heterocycles. The summed E-state index contributed by atoms with van der Waals surface area (Å²) < 4.78 is 19.3. The topological polar surface area (TPSA) is 68.3 Å². The molecule has 0 radical (unpaired) electrons. The molecule has 1 heterocycles. The Bertz CT molecular complexity index is 648. The van der Waals surface area contributed by atoms with E-state index in [1.165, 1.54) is 0 Å². The Kier molecular flexibility index (Phi) is 3.13. The normalized spacial score (nSPS) is 11.2. The number of phenols is 1. The lowest BCUT2D eigenvalue weighted by atomic mass is 10.2. The van der Waals surface area contributed by atoms with Crippen LogP contribution in [0.25, 0.3) is 5.69 Å². The van der Waals surface area contributed by atoms with E-state index in [9.17, 15) is 14.3 Å². The lowest BCUT2D eigenvalue weighted by molar-refractivity contribution is 0.438. The second-order valence-electron chi connectivity index (χ2n) is 4.03. The van der Waals surface area contributed by atoms with Crippen LogP contribution in [-0.2, 0) is 0 Å². The Morgan fingerprint density at radius 1 is 1.50 bits per heavy atom. The zero-order chi connectivity index (χ0) is 13.4. The van der Waals surface area contributed by atoms with Crippen LogP contribution >= 0.6 is 11.6 Å². The fraction of sp³-hybridized carbons (Fsp3) is 0.273. The van der Waals surface area contributed by atoms with Gasteiger partial charge in [-0.1, -0.05) is 25.4 Å². The van der Waals surface area contributed by atoms with Crippen LogP contribution in [-0.4, -0.2) is 14.9 Å². The van der Waals surface area contributed by atoms with E-state index in [1.54, 1.807) is 13.8 Å². The van der Waals surface area contributed by atoms with Gasteiger partial charge in [-0.3, -0.25) is 0 Å². The first-order valence-electron chi connectivity index (χ1n) is 5.18. The summed E-state index contributed by atoms with van der Waals surface area (Å²) in [6.07, 6.45) is 0. The summed E-state index contributed by atoms with van der Waals surface area (Å²) in [4.78, 5) is 11.5. The van der Waals surface area contributed by atoms with Crippen LogP contribution in [0.1, 0.15) is 25.7 Å². The fourth-order valence-corrected chi connectivity index (χ4v) is 1.52. The van der Waals surface area contributed by atoms with Gasteiger partial charge in [0.15, 0.2) is 5.82 Å². The van der Waals surface area contributed by atoms with E-state index >= 15 is 0 Å². The molecule has 0 bridgehead atoms. The Morgan fingerprint density at radius 2 is 2.17 bits per heavy atom. The highest BCUT2D eigenvalue weighted by molar-refractivity contribution is 6.32. The van der Waals surface area contributed by atoms with Crippen molar-refractivity contribution >= 4 is 11.6 Å². The van der Waals surface area contributed by atoms with E-state index in [2.05, 4.69) is 5.10 Å². The molecule has 0 amide bonds. The fourth-order valence-electron chi connectivity index (χ4n) is 1.37. The summed E-state index contributed by atoms with van der Waals surface area (Å²) in [5, 5.41) is 13.1. The van der Waals surface area contributed by atoms with E-state index in [1.807, 2.05) is 0 Å². The van der Waals surface area contributed by atoms with Gasteiger partial charge in [-0.2, -0.15) is 4.68 Å². The summed E-state index contributed by atoms with van der Waals surface area (Å²) >= 11 is 5.55. The molecule has 0 fully saturated rings. The molecular formula is C11H10ClFN2O3. The molecule has 96 valence electrons. The quantitative estimate of drug-likeness (QED) is 0.912. The van der Waals surface area contributed by atoms with Crippen molar-refractivity contribution in [3.05, 3.63) is 39.4 Å². The van der Waals surface area contributed by atoms with Gasteiger partial charge in [0.05, 0.1) is 5.02 Å². The van der Waals surface area contributed by atoms with E-state index in [4.69, 9.17) is 16.0 Å². The largest absolute Gasteiger partial charge is 0.506 e. The van der Waals surface area contributed by atoms with Crippen LogP contribution in [0.4, 0.5) is 4.39 Å². The molecule has 0 aliphatic heterocycles. The molecule has 0 atom stereocenters. The molecule has 0 aliphatic rings. The average molecular weight is 273 g/mol. The van der Waals surface area contributed by atoms with E-state index in [0.717, 1.165) is 16.8 Å². The highest BCUT2D eigenvalue weighted by Crippen LogP contribution is 2.27. The summed E-state index contributed by atoms with van der Waals surface area (Å²) in [6.45, 7) is 3.57. The Morgan fingerprint density at radius 3 is 2.72 bits per heavy atom. The molecule has 0 aliphatic carbocycles. The van der Waals surface area contributed by atoms with E-state index in [-0.39, 0.29) is 28.3 Å². The van der Waals surface area contributed by atoms with Gasteiger partial charge < -0.3 is 9.52 Å². The molecular weight excluding hydrogens is 263 g/mol. The predicted octanol–water partition coefficient (Wildman–Crippen LogP) is 2.45. The highest BCUT2D eigenvalue weighted by Gasteiger charge is 2.17. The molecule has 2 aromatic rings. The monoisotopic (exact) mass is 272 g/mol. The molecule has 1 aromatic heterocycles. The van der Waals surface area contributed by atoms with Gasteiger partial charge in [0, 0.05) is 12.0 Å². The molecule has 0 unspecified atom stereocenters. The van der Waals surface area contributed by atoms with Crippen molar-refractivity contribution in [1.82, 2.24) is 9.78 Å². The second kappa shape index (κ2) is 4.45. The minimum atomic E-state index is -0.820. The van der Waals surface area contributed by atoms with E-state index in [0.29, 0.717) is 0 Å². The second-order valence-corrected chi connectivity index (χ2v) is 4.43. The van der Waals surface area contributed by atoms with Gasteiger partial charge >= 0.3 is 5.76 Å². The van der Waals surface area contributed by atoms with Crippen LogP contribution in [0.5, 0.6) is 5.75 Å². The maximum Gasteiger partial charge on any atom is 0.442 e. The first kappa shape index (κ1) is 12.6. The van der Waals surface area contributed by atoms with E-state index < -0.39 is 11.6 Å². The first-order chi connectivity index (χ1) is 8.40. The molecule has 1 aromatic carbocycles. The lowest BCUT2D eigenvalue weighted by Gasteiger charge is -2.03. The van der Waals surface area contributed by atoms with Crippen LogP contribution in [0.3, 0.4) is 0 Å². The third-order valence-corrected chi connectivity index (χ3v) is 2.60. The molecule has 1 N–H and O–H groups in total. The summed E-state index contributed by atoms with van der Waals surface area (Å²) in [5.74, 6) is -1.85. The van der Waals surface area contributed by atoms with Gasteiger partial charge in [0.25, 0.3) is 0 Å². The van der Waals surface area contributed by atoms with Gasteiger partial charge in [0.1, 0.15) is 11.4 Å². The van der Waals surface area contributed by atoms with Crippen LogP contribution in [0.2, 0.25) is 5.02 Å². The van der Waals surface area contributed by atoms with Crippen molar-refractivity contribution in [3.8, 4) is 11.4 Å². The van der Waals surface area contributed by atoms with Gasteiger partial charge in [-0.15, -0.1) is 5.10 Å². The Labute approximate surface area is 106 Å². The average Bonchev–Trinajstić information content (AvgIpc) is 2.66. The number of hydrogen-bond donors (Lipinski definition) is 1. The number of halogens is 2. The number of nitrogens with zero attached hydrogens (tertiary/aromatic N) is 2. The van der Waals surface area contributed by atoms with Crippen molar-refractivity contribution in [1.29, 1.82) is 0 Å². The molecule has 2 rings (SSSR count). The number of rotatable bonds is 2. The molecule has 18 heavy (non-hydrogen) atoms. The third kappa shape index (κ3) is 2.11. The van der Waals surface area contributed by atoms with Crippen molar-refractivity contribution in [2.75, 3.05) is 0 Å².